The highest BCUT2D eigenvalue weighted by atomic mass is 35.5. The second kappa shape index (κ2) is 19.3. The fraction of sp³-hybridized carbons (Fsp3) is 0.417. The lowest BCUT2D eigenvalue weighted by atomic mass is 9.72. The second-order valence-electron chi connectivity index (χ2n) is 18.6. The van der Waals surface area contributed by atoms with Gasteiger partial charge in [-0.1, -0.05) is 43.2 Å². The fourth-order valence-electron chi connectivity index (χ4n) is 9.50. The van der Waals surface area contributed by atoms with Crippen LogP contribution in [0.15, 0.2) is 94.0 Å². The van der Waals surface area contributed by atoms with Crippen LogP contribution in [0.5, 0.6) is 17.2 Å². The third-order valence-corrected chi connectivity index (χ3v) is 17.1. The van der Waals surface area contributed by atoms with Crippen LogP contribution in [0.25, 0.3) is 16.6 Å². The zero-order valence-corrected chi connectivity index (χ0v) is 40.7. The molecule has 5 heterocycles. The number of pyridine rings is 1. The highest BCUT2D eigenvalue weighted by molar-refractivity contribution is 7.93. The molecule has 68 heavy (non-hydrogen) atoms. The molecule has 9 rings (SSSR count). The molecule has 2 aromatic heterocycles. The predicted octanol–water partition coefficient (Wildman–Crippen LogP) is 7.80. The molecule has 1 atom stereocenters. The summed E-state index contributed by atoms with van der Waals surface area (Å²) in [6.45, 7) is 12.6. The van der Waals surface area contributed by atoms with Gasteiger partial charge in [0, 0.05) is 121 Å². The lowest BCUT2D eigenvalue weighted by Crippen LogP contribution is -2.48. The number of nitrogens with one attached hydrogen (secondary N) is 3. The van der Waals surface area contributed by atoms with Crippen molar-refractivity contribution in [1.29, 1.82) is 0 Å². The van der Waals surface area contributed by atoms with Gasteiger partial charge in [-0.2, -0.15) is 0 Å². The highest BCUT2D eigenvalue weighted by Crippen LogP contribution is 2.44. The number of hydrogen-bond acceptors (Lipinski definition) is 14. The Balaban J connectivity index is 0.921. The fourth-order valence-corrected chi connectivity index (χ4v) is 12.6. The summed E-state index contributed by atoms with van der Waals surface area (Å²) in [7, 11) is -6.93. The first-order valence-electron chi connectivity index (χ1n) is 22.9. The third-order valence-electron chi connectivity index (χ3n) is 13.2. The quantitative estimate of drug-likeness (QED) is 0.0762. The molecule has 1 amide bonds. The minimum Gasteiger partial charge on any atom is -0.489 e. The van der Waals surface area contributed by atoms with E-state index in [1.165, 1.54) is 35.0 Å². The van der Waals surface area contributed by atoms with Crippen LogP contribution in [0, 0.1) is 15.5 Å². The molecule has 3 aliphatic heterocycles. The van der Waals surface area contributed by atoms with E-state index in [0.29, 0.717) is 62.2 Å². The van der Waals surface area contributed by atoms with Crippen LogP contribution in [0.3, 0.4) is 0 Å². The van der Waals surface area contributed by atoms with Gasteiger partial charge in [-0.3, -0.25) is 24.7 Å². The average molecular weight is 987 g/mol. The van der Waals surface area contributed by atoms with E-state index < -0.39 is 41.2 Å². The summed E-state index contributed by atoms with van der Waals surface area (Å²) in [5.74, 6) is 0.289. The van der Waals surface area contributed by atoms with E-state index in [9.17, 15) is 27.5 Å². The molecular formula is C48H56ClN9O8S2. The molecule has 17 nitrogen and oxygen atoms in total. The molecule has 5 aromatic rings. The van der Waals surface area contributed by atoms with Crippen molar-refractivity contribution in [3.05, 3.63) is 111 Å². The number of nitro benzene ring substituents is 1. The Morgan fingerprint density at radius 2 is 1.81 bits per heavy atom. The Labute approximate surface area is 401 Å². The van der Waals surface area contributed by atoms with E-state index in [1.54, 1.807) is 24.4 Å². The number of aromatic nitrogens is 2. The first-order valence-corrected chi connectivity index (χ1v) is 26.6. The van der Waals surface area contributed by atoms with E-state index >= 15 is 0 Å². The van der Waals surface area contributed by atoms with E-state index in [2.05, 4.69) is 65.0 Å². The van der Waals surface area contributed by atoms with Crippen molar-refractivity contribution >= 4 is 70.9 Å². The molecule has 0 bridgehead atoms. The number of halogens is 1. The molecule has 2 fully saturated rings. The number of allylic oxidation sites excluding steroid dienone is 1. The summed E-state index contributed by atoms with van der Waals surface area (Å²) >= 11 is 6.25. The SMILES string of the molecule is CCN=S1(=O)CCN(C[C@H]2COc3cc(S(=O)(=O)NC(=O)c4ccc(N5CCN(CC6=C(c7ccc(Cl)cc7)CC(C)(C)CC6)CC5)cc4Oc4cnc5[nH]ccc5c4)cc([N+](=O)[O-])c3N2)CC1. The number of aromatic amines is 1. The standard InChI is InChI=1S/C48H56ClN9O8S2/c1-4-52-67(62)21-19-56(20-22-67)30-36-31-65-44-26-39(25-42(58(60)61)45(44)53-36)68(63,64)54-47(59)40-10-9-37(24-43(40)66-38-23-33-12-14-50-46(33)51-28-38)57-17-15-55(16-18-57)29-34-11-13-48(2,3)27-41(34)32-5-7-35(49)8-6-32/h5-10,12,14,23-26,28,36,53H,4,11,13,15-22,27,29-31H2,1-3H3,(H,50,51)(H,54,59)/t36-/m0/s1. The maximum atomic E-state index is 14.1. The first-order chi connectivity index (χ1) is 32.5. The number of nitro groups is 1. The number of amides is 1. The Morgan fingerprint density at radius 1 is 1.04 bits per heavy atom. The van der Waals surface area contributed by atoms with Gasteiger partial charge in [-0.15, -0.1) is 0 Å². The number of piperazine rings is 1. The summed E-state index contributed by atoms with van der Waals surface area (Å²) in [6.07, 6.45) is 6.43. The topological polar surface area (TPSA) is 205 Å². The predicted molar refractivity (Wildman–Crippen MR) is 265 cm³/mol. The zero-order valence-electron chi connectivity index (χ0n) is 38.3. The molecule has 0 spiro atoms. The maximum Gasteiger partial charge on any atom is 0.297 e. The van der Waals surface area contributed by atoms with Crippen LogP contribution in [-0.4, -0.2) is 126 Å². The molecule has 0 unspecified atom stereocenters. The third kappa shape index (κ3) is 10.6. The van der Waals surface area contributed by atoms with Crippen LogP contribution in [0.4, 0.5) is 17.1 Å². The van der Waals surface area contributed by atoms with Crippen LogP contribution >= 0.6 is 11.6 Å². The molecule has 2 saturated heterocycles. The number of rotatable bonds is 13. The van der Waals surface area contributed by atoms with Gasteiger partial charge in [0.1, 0.15) is 23.8 Å². The maximum absolute atomic E-state index is 14.1. The Hall–Kier alpha value is -5.73. The normalized spacial score (nSPS) is 19.7. The molecule has 4 aliphatic rings. The minimum absolute atomic E-state index is 0.0331. The number of ether oxygens (including phenoxy) is 2. The summed E-state index contributed by atoms with van der Waals surface area (Å²) in [5, 5.41) is 17.1. The van der Waals surface area contributed by atoms with E-state index in [1.807, 2.05) is 25.1 Å². The number of anilines is 2. The van der Waals surface area contributed by atoms with Crippen LogP contribution in [0.1, 0.15) is 56.0 Å². The molecule has 0 radical (unpaired) electrons. The number of hydrogen-bond donors (Lipinski definition) is 3. The number of fused-ring (bicyclic) bond motifs is 2. The summed E-state index contributed by atoms with van der Waals surface area (Å²) < 4.78 is 59.6. The van der Waals surface area contributed by atoms with Crippen LogP contribution in [-0.2, 0) is 19.8 Å². The van der Waals surface area contributed by atoms with Gasteiger partial charge in [-0.05, 0) is 79.1 Å². The largest absolute Gasteiger partial charge is 0.489 e. The Morgan fingerprint density at radius 3 is 2.54 bits per heavy atom. The van der Waals surface area contributed by atoms with Gasteiger partial charge >= 0.3 is 0 Å². The molecule has 3 aromatic carbocycles. The lowest BCUT2D eigenvalue weighted by molar-refractivity contribution is -0.384. The minimum atomic E-state index is -4.69. The van der Waals surface area contributed by atoms with Crippen molar-refractivity contribution in [1.82, 2.24) is 24.5 Å². The van der Waals surface area contributed by atoms with Crippen LogP contribution in [0.2, 0.25) is 5.02 Å². The molecule has 360 valence electrons. The zero-order chi connectivity index (χ0) is 47.8. The second-order valence-corrected chi connectivity index (χ2v) is 23.4. The number of sulfonamides is 1. The molecule has 3 N–H and O–H groups in total. The van der Waals surface area contributed by atoms with Crippen molar-refractivity contribution in [2.75, 3.05) is 87.2 Å². The smallest absolute Gasteiger partial charge is 0.297 e. The number of nitrogens with zero attached hydrogens (tertiary/aromatic N) is 6. The molecular weight excluding hydrogens is 930 g/mol. The summed E-state index contributed by atoms with van der Waals surface area (Å²) in [6, 6.07) is 18.5. The van der Waals surface area contributed by atoms with Crippen molar-refractivity contribution in [3.8, 4) is 17.2 Å². The van der Waals surface area contributed by atoms with E-state index in [4.69, 9.17) is 21.1 Å². The van der Waals surface area contributed by atoms with Crippen molar-refractivity contribution < 1.29 is 31.8 Å². The summed E-state index contributed by atoms with van der Waals surface area (Å²) in [4.78, 5) is 39.6. The highest BCUT2D eigenvalue weighted by Gasteiger charge is 2.34. The van der Waals surface area contributed by atoms with Gasteiger partial charge in [0.25, 0.3) is 21.6 Å². The van der Waals surface area contributed by atoms with Crippen molar-refractivity contribution in [2.45, 2.75) is 51.0 Å². The molecule has 1 aliphatic carbocycles. The number of benzene rings is 3. The number of H-pyrrole nitrogens is 1. The lowest BCUT2D eigenvalue weighted by Gasteiger charge is -2.39. The number of carbonyl (C=O) groups excluding carboxylic acids is 1. The van der Waals surface area contributed by atoms with Crippen molar-refractivity contribution in [2.24, 2.45) is 9.78 Å². The Bertz CT molecular complexity index is 3000. The monoisotopic (exact) mass is 985 g/mol. The van der Waals surface area contributed by atoms with E-state index in [-0.39, 0.29) is 40.8 Å². The van der Waals surface area contributed by atoms with Gasteiger partial charge in [0.05, 0.1) is 27.6 Å². The van der Waals surface area contributed by atoms with Gasteiger partial charge in [0.2, 0.25) is 0 Å². The molecule has 0 saturated carbocycles. The van der Waals surface area contributed by atoms with Crippen molar-refractivity contribution in [3.63, 3.8) is 0 Å². The Kier molecular flexibility index (Phi) is 13.5. The average Bonchev–Trinajstić information content (AvgIpc) is 3.78. The summed E-state index contributed by atoms with van der Waals surface area (Å²) in [5.41, 5.74) is 5.17. The number of carbonyl (C=O) groups is 1. The van der Waals surface area contributed by atoms with Crippen LogP contribution < -0.4 is 24.4 Å². The van der Waals surface area contributed by atoms with E-state index in [0.717, 1.165) is 61.1 Å². The first kappa shape index (κ1) is 47.3. The van der Waals surface area contributed by atoms with Gasteiger partial charge < -0.3 is 24.7 Å². The molecule has 20 heteroatoms. The van der Waals surface area contributed by atoms with Gasteiger partial charge in [-0.25, -0.2) is 26.7 Å². The van der Waals surface area contributed by atoms with Gasteiger partial charge in [0.15, 0.2) is 11.4 Å².